The summed E-state index contributed by atoms with van der Waals surface area (Å²) < 4.78 is 0. The van der Waals surface area contributed by atoms with Gasteiger partial charge >= 0.3 is 11.9 Å². The number of H-pyrrole nitrogens is 1. The van der Waals surface area contributed by atoms with Gasteiger partial charge in [0.2, 0.25) is 17.7 Å². The van der Waals surface area contributed by atoms with Gasteiger partial charge in [0.15, 0.2) is 0 Å². The Bertz CT molecular complexity index is 1440. The highest BCUT2D eigenvalue weighted by atomic mass is 16.4. The number of rotatable bonds is 14. The van der Waals surface area contributed by atoms with Gasteiger partial charge < -0.3 is 42.0 Å². The van der Waals surface area contributed by atoms with Crippen molar-refractivity contribution in [3.05, 3.63) is 65.9 Å². The van der Waals surface area contributed by atoms with Crippen LogP contribution in [0.25, 0.3) is 10.9 Å². The Hall–Kier alpha value is -4.91. The number of aromatic amines is 1. The molecule has 0 saturated heterocycles. The molecule has 0 aliphatic rings. The molecular weight excluding hydrogens is 546 g/mol. The van der Waals surface area contributed by atoms with E-state index >= 15 is 0 Å². The molecule has 4 unspecified atom stereocenters. The lowest BCUT2D eigenvalue weighted by molar-refractivity contribution is -0.147. The number of nitrogens with two attached hydrogens (primary N) is 1. The lowest BCUT2D eigenvalue weighted by atomic mass is 10.00. The summed E-state index contributed by atoms with van der Waals surface area (Å²) in [5.41, 5.74) is 8.07. The fourth-order valence-electron chi connectivity index (χ4n) is 4.30. The smallest absolute Gasteiger partial charge is 0.326 e. The Labute approximate surface area is 241 Å². The molecule has 3 amide bonds. The normalized spacial score (nSPS) is 14.0. The number of aliphatic carboxylic acids is 2. The number of phenolic OH excluding ortho intramolecular Hbond substituents is 1. The number of aromatic nitrogens is 1. The predicted molar refractivity (Wildman–Crippen MR) is 152 cm³/mol. The highest BCUT2D eigenvalue weighted by Gasteiger charge is 2.32. The van der Waals surface area contributed by atoms with Crippen LogP contribution in [0.1, 0.15) is 31.4 Å². The number of amides is 3. The fraction of sp³-hybridized carbons (Fsp3) is 0.345. The summed E-state index contributed by atoms with van der Waals surface area (Å²) in [6, 6.07) is 7.97. The quantitative estimate of drug-likeness (QED) is 0.134. The van der Waals surface area contributed by atoms with Crippen LogP contribution in [-0.4, -0.2) is 74.1 Å². The third-order valence-corrected chi connectivity index (χ3v) is 6.76. The van der Waals surface area contributed by atoms with Crippen molar-refractivity contribution >= 4 is 40.6 Å². The predicted octanol–water partition coefficient (Wildman–Crippen LogP) is 0.656. The van der Waals surface area contributed by atoms with Crippen LogP contribution in [-0.2, 0) is 36.8 Å². The van der Waals surface area contributed by atoms with Crippen LogP contribution in [0.5, 0.6) is 5.75 Å². The highest BCUT2D eigenvalue weighted by molar-refractivity contribution is 5.95. The molecule has 0 fully saturated rings. The van der Waals surface area contributed by atoms with Gasteiger partial charge in [0.25, 0.3) is 0 Å². The fourth-order valence-corrected chi connectivity index (χ4v) is 4.30. The molecule has 224 valence electrons. The van der Waals surface area contributed by atoms with E-state index in [2.05, 4.69) is 20.9 Å². The van der Waals surface area contributed by atoms with Crippen molar-refractivity contribution in [2.75, 3.05) is 0 Å². The first kappa shape index (κ1) is 31.6. The maximum Gasteiger partial charge on any atom is 0.326 e. The van der Waals surface area contributed by atoms with Crippen molar-refractivity contribution in [2.45, 2.75) is 57.3 Å². The number of hydrogen-bond acceptors (Lipinski definition) is 7. The number of fused-ring (bicyclic) bond motifs is 1. The summed E-state index contributed by atoms with van der Waals surface area (Å²) in [6.07, 6.45) is 0.740. The number of carboxylic acids is 2. The molecule has 9 N–H and O–H groups in total. The van der Waals surface area contributed by atoms with E-state index in [0.29, 0.717) is 5.56 Å². The zero-order valence-corrected chi connectivity index (χ0v) is 23.2. The summed E-state index contributed by atoms with van der Waals surface area (Å²) in [6.45, 7) is 3.51. The summed E-state index contributed by atoms with van der Waals surface area (Å²) in [5.74, 6) is -5.51. The number of carbonyl (C=O) groups is 5. The van der Waals surface area contributed by atoms with E-state index in [0.717, 1.165) is 16.5 Å². The molecule has 0 radical (unpaired) electrons. The van der Waals surface area contributed by atoms with Crippen molar-refractivity contribution < 1.29 is 39.3 Å². The number of nitrogens with one attached hydrogen (secondary N) is 4. The van der Waals surface area contributed by atoms with Gasteiger partial charge in [-0.25, -0.2) is 4.79 Å². The summed E-state index contributed by atoms with van der Waals surface area (Å²) in [7, 11) is 0. The van der Waals surface area contributed by atoms with E-state index in [1.165, 1.54) is 24.3 Å². The molecule has 13 nitrogen and oxygen atoms in total. The second-order valence-corrected chi connectivity index (χ2v) is 10.3. The molecule has 4 atom stereocenters. The molecule has 0 aliphatic heterocycles. The van der Waals surface area contributed by atoms with Gasteiger partial charge in [-0.3, -0.25) is 19.2 Å². The number of carbonyl (C=O) groups excluding carboxylic acids is 3. The Balaban J connectivity index is 1.91. The third-order valence-electron chi connectivity index (χ3n) is 6.76. The third kappa shape index (κ3) is 8.54. The number of phenols is 1. The number of hydrogen-bond donors (Lipinski definition) is 8. The lowest BCUT2D eigenvalue weighted by Crippen LogP contribution is -2.58. The second kappa shape index (κ2) is 14.1. The molecule has 2 aromatic carbocycles. The van der Waals surface area contributed by atoms with Gasteiger partial charge in [0.05, 0.1) is 12.5 Å². The SMILES string of the molecule is CC(C)C(N)C(=O)NC(Cc1c[nH]c2ccccc12)C(=O)NC(Cc1ccc(O)cc1)C(=O)NC(CC(=O)O)C(=O)O. The number of benzene rings is 2. The summed E-state index contributed by atoms with van der Waals surface area (Å²) in [5, 5.41) is 36.4. The molecule has 1 aromatic heterocycles. The van der Waals surface area contributed by atoms with Crippen LogP contribution in [0.4, 0.5) is 0 Å². The van der Waals surface area contributed by atoms with Crippen molar-refractivity contribution in [1.82, 2.24) is 20.9 Å². The van der Waals surface area contributed by atoms with E-state index in [4.69, 9.17) is 10.8 Å². The van der Waals surface area contributed by atoms with Crippen molar-refractivity contribution in [3.63, 3.8) is 0 Å². The summed E-state index contributed by atoms with van der Waals surface area (Å²) in [4.78, 5) is 65.7. The zero-order chi connectivity index (χ0) is 31.0. The van der Waals surface area contributed by atoms with Crippen LogP contribution in [0.2, 0.25) is 0 Å². The minimum atomic E-state index is -1.75. The molecule has 0 spiro atoms. The first-order valence-electron chi connectivity index (χ1n) is 13.3. The maximum atomic E-state index is 13.7. The molecule has 13 heteroatoms. The van der Waals surface area contributed by atoms with E-state index in [1.54, 1.807) is 20.0 Å². The number of para-hydroxylation sites is 1. The molecule has 0 aliphatic carbocycles. The molecule has 0 bridgehead atoms. The number of carboxylic acid groups (broad SMARTS) is 2. The topological polar surface area (TPSA) is 224 Å². The Kier molecular flexibility index (Phi) is 10.6. The van der Waals surface area contributed by atoms with Crippen LogP contribution >= 0.6 is 0 Å². The number of aromatic hydroxyl groups is 1. The molecule has 0 saturated carbocycles. The maximum absolute atomic E-state index is 13.7. The van der Waals surface area contributed by atoms with Crippen LogP contribution in [0.3, 0.4) is 0 Å². The van der Waals surface area contributed by atoms with Gasteiger partial charge in [-0.2, -0.15) is 0 Å². The Morgan fingerprint density at radius 2 is 1.38 bits per heavy atom. The molecule has 3 aromatic rings. The van der Waals surface area contributed by atoms with Gasteiger partial charge in [-0.15, -0.1) is 0 Å². The minimum Gasteiger partial charge on any atom is -0.508 e. The van der Waals surface area contributed by atoms with Crippen molar-refractivity contribution in [3.8, 4) is 5.75 Å². The van der Waals surface area contributed by atoms with E-state index in [-0.39, 0.29) is 24.5 Å². The minimum absolute atomic E-state index is 0.0285. The van der Waals surface area contributed by atoms with Gasteiger partial charge in [-0.1, -0.05) is 44.2 Å². The van der Waals surface area contributed by atoms with Crippen LogP contribution in [0.15, 0.2) is 54.7 Å². The molecule has 1 heterocycles. The second-order valence-electron chi connectivity index (χ2n) is 10.3. The van der Waals surface area contributed by atoms with E-state index in [1.807, 2.05) is 24.3 Å². The van der Waals surface area contributed by atoms with Crippen LogP contribution in [0, 0.1) is 5.92 Å². The van der Waals surface area contributed by atoms with E-state index in [9.17, 15) is 34.2 Å². The highest BCUT2D eigenvalue weighted by Crippen LogP contribution is 2.20. The summed E-state index contributed by atoms with van der Waals surface area (Å²) >= 11 is 0. The zero-order valence-electron chi connectivity index (χ0n) is 23.2. The van der Waals surface area contributed by atoms with Crippen molar-refractivity contribution in [1.29, 1.82) is 0 Å². The lowest BCUT2D eigenvalue weighted by Gasteiger charge is -2.26. The van der Waals surface area contributed by atoms with Crippen molar-refractivity contribution in [2.24, 2.45) is 11.7 Å². The Morgan fingerprint density at radius 1 is 0.810 bits per heavy atom. The van der Waals surface area contributed by atoms with Gasteiger partial charge in [0.1, 0.15) is 23.9 Å². The molecular formula is C29H35N5O8. The largest absolute Gasteiger partial charge is 0.508 e. The molecule has 42 heavy (non-hydrogen) atoms. The first-order chi connectivity index (χ1) is 19.8. The van der Waals surface area contributed by atoms with E-state index < -0.39 is 60.2 Å². The standard InChI is InChI=1S/C29H35N5O8/c1-15(2)25(30)28(40)33-22(12-17-14-31-20-6-4-3-5-19(17)20)27(39)32-21(11-16-7-9-18(35)10-8-16)26(38)34-23(29(41)42)13-24(36)37/h3-10,14-15,21-23,25,31,35H,11-13,30H2,1-2H3,(H,32,39)(H,33,40)(H,34,38)(H,36,37)(H,41,42). The first-order valence-corrected chi connectivity index (χ1v) is 13.3. The average molecular weight is 582 g/mol. The Morgan fingerprint density at radius 3 is 1.98 bits per heavy atom. The monoisotopic (exact) mass is 581 g/mol. The van der Waals surface area contributed by atoms with Gasteiger partial charge in [0, 0.05) is 29.9 Å². The average Bonchev–Trinajstić information content (AvgIpc) is 3.34. The molecule has 3 rings (SSSR count). The van der Waals surface area contributed by atoms with Crippen LogP contribution < -0.4 is 21.7 Å². The van der Waals surface area contributed by atoms with Gasteiger partial charge in [-0.05, 0) is 35.2 Å².